The first-order valence-corrected chi connectivity index (χ1v) is 8.54. The zero-order valence-electron chi connectivity index (χ0n) is 14.0. The van der Waals surface area contributed by atoms with Gasteiger partial charge in [-0.3, -0.25) is 4.79 Å². The van der Waals surface area contributed by atoms with Crippen LogP contribution in [-0.4, -0.2) is 43.3 Å². The van der Waals surface area contributed by atoms with E-state index in [-0.39, 0.29) is 36.4 Å². The normalized spacial score (nSPS) is 12.0. The van der Waals surface area contributed by atoms with Crippen LogP contribution in [0.5, 0.6) is 0 Å². The summed E-state index contributed by atoms with van der Waals surface area (Å²) < 4.78 is 0. The molecule has 1 atom stereocenters. The van der Waals surface area contributed by atoms with Crippen LogP contribution in [0, 0.1) is 0 Å². The number of carbonyl (C=O) groups excluding carboxylic acids is 1. The van der Waals surface area contributed by atoms with Crippen LogP contribution >= 0.6 is 35.7 Å². The van der Waals surface area contributed by atoms with Crippen molar-refractivity contribution in [3.05, 3.63) is 30.3 Å². The van der Waals surface area contributed by atoms with Crippen LogP contribution in [-0.2, 0) is 4.79 Å². The molecule has 0 fully saturated rings. The van der Waals surface area contributed by atoms with Crippen molar-refractivity contribution < 1.29 is 4.79 Å². The van der Waals surface area contributed by atoms with E-state index in [1.165, 1.54) is 4.90 Å². The predicted octanol–water partition coefficient (Wildman–Crippen LogP) is 2.48. The van der Waals surface area contributed by atoms with Gasteiger partial charge in [-0.25, -0.2) is 4.99 Å². The summed E-state index contributed by atoms with van der Waals surface area (Å²) in [6.07, 6.45) is 0. The Balaban J connectivity index is 0.00000484. The third kappa shape index (κ3) is 10.4. The van der Waals surface area contributed by atoms with Crippen LogP contribution in [0.1, 0.15) is 20.8 Å². The van der Waals surface area contributed by atoms with Crippen LogP contribution in [0.3, 0.4) is 0 Å². The Morgan fingerprint density at radius 3 is 2.39 bits per heavy atom. The van der Waals surface area contributed by atoms with Gasteiger partial charge in [-0.2, -0.15) is 0 Å². The lowest BCUT2D eigenvalue weighted by Gasteiger charge is -2.15. The van der Waals surface area contributed by atoms with Crippen molar-refractivity contribution in [2.45, 2.75) is 30.9 Å². The van der Waals surface area contributed by atoms with Gasteiger partial charge in [-0.1, -0.05) is 25.1 Å². The van der Waals surface area contributed by atoms with Gasteiger partial charge in [0, 0.05) is 29.8 Å². The largest absolute Gasteiger partial charge is 0.357 e. The summed E-state index contributed by atoms with van der Waals surface area (Å²) in [7, 11) is 0. The van der Waals surface area contributed by atoms with Crippen LogP contribution < -0.4 is 16.0 Å². The fourth-order valence-electron chi connectivity index (χ4n) is 1.76. The minimum Gasteiger partial charge on any atom is -0.357 e. The van der Waals surface area contributed by atoms with Crippen molar-refractivity contribution in [3.63, 3.8) is 0 Å². The van der Waals surface area contributed by atoms with Crippen molar-refractivity contribution in [2.24, 2.45) is 4.99 Å². The van der Waals surface area contributed by atoms with Gasteiger partial charge in [0.15, 0.2) is 5.96 Å². The molecule has 3 N–H and O–H groups in total. The average Bonchev–Trinajstić information content (AvgIpc) is 2.51. The summed E-state index contributed by atoms with van der Waals surface area (Å²) in [4.78, 5) is 17.0. The molecule has 130 valence electrons. The molecule has 23 heavy (non-hydrogen) atoms. The molecule has 1 aromatic carbocycles. The minimum absolute atomic E-state index is 0. The van der Waals surface area contributed by atoms with Gasteiger partial charge in [0.05, 0.1) is 0 Å². The van der Waals surface area contributed by atoms with Crippen molar-refractivity contribution in [3.8, 4) is 0 Å². The maximum absolute atomic E-state index is 11.5. The van der Waals surface area contributed by atoms with Gasteiger partial charge in [0.2, 0.25) is 5.91 Å². The number of aliphatic imine (C=N–C) groups is 1. The number of hydrogen-bond donors (Lipinski definition) is 3. The molecule has 0 aromatic heterocycles. The van der Waals surface area contributed by atoms with Gasteiger partial charge in [0.25, 0.3) is 0 Å². The highest BCUT2D eigenvalue weighted by atomic mass is 127. The number of hydrogen-bond acceptors (Lipinski definition) is 3. The molecule has 1 aromatic rings. The summed E-state index contributed by atoms with van der Waals surface area (Å²) in [5, 5.41) is 9.56. The van der Waals surface area contributed by atoms with Crippen LogP contribution in [0.2, 0.25) is 0 Å². The molecular weight excluding hydrogens is 423 g/mol. The van der Waals surface area contributed by atoms with E-state index in [1.807, 2.05) is 43.8 Å². The Hall–Kier alpha value is -0.960. The molecule has 1 amide bonds. The number of nitrogens with one attached hydrogen (secondary N) is 3. The summed E-state index contributed by atoms with van der Waals surface area (Å²) in [6.45, 7) is 8.38. The summed E-state index contributed by atoms with van der Waals surface area (Å²) in [5.74, 6) is 0.612. The fourth-order valence-corrected chi connectivity index (χ4v) is 2.70. The van der Waals surface area contributed by atoms with Crippen molar-refractivity contribution in [1.82, 2.24) is 16.0 Å². The first-order valence-electron chi connectivity index (χ1n) is 7.66. The van der Waals surface area contributed by atoms with E-state index in [0.29, 0.717) is 17.8 Å². The fraction of sp³-hybridized carbons (Fsp3) is 0.500. The van der Waals surface area contributed by atoms with E-state index in [1.54, 1.807) is 0 Å². The molecule has 5 nitrogen and oxygen atoms in total. The standard InChI is InChI=1S/C16H26N4OS.HI/c1-4-17-15(21)12-20-16(18-5-2)19-11-13(3)22-14-9-7-6-8-10-14;/h6-10,13H,4-5,11-12H2,1-3H3,(H,17,21)(H2,18,19,20);1H. The summed E-state index contributed by atoms with van der Waals surface area (Å²) in [5.41, 5.74) is 0. The lowest BCUT2D eigenvalue weighted by Crippen LogP contribution is -2.40. The quantitative estimate of drug-likeness (QED) is 0.247. The molecule has 0 saturated heterocycles. The van der Waals surface area contributed by atoms with Gasteiger partial charge in [-0.05, 0) is 26.0 Å². The predicted molar refractivity (Wildman–Crippen MR) is 110 cm³/mol. The van der Waals surface area contributed by atoms with Crippen LogP contribution in [0.15, 0.2) is 40.2 Å². The van der Waals surface area contributed by atoms with E-state index in [4.69, 9.17) is 0 Å². The molecule has 1 unspecified atom stereocenters. The molecule has 0 spiro atoms. The smallest absolute Gasteiger partial charge is 0.241 e. The highest BCUT2D eigenvalue weighted by Crippen LogP contribution is 2.21. The SMILES string of the molecule is CCNC(=O)CN=C(NCC)NCC(C)Sc1ccccc1.I. The monoisotopic (exact) mass is 450 g/mol. The third-order valence-electron chi connectivity index (χ3n) is 2.74. The van der Waals surface area contributed by atoms with Gasteiger partial charge < -0.3 is 16.0 Å². The number of carbonyl (C=O) groups is 1. The lowest BCUT2D eigenvalue weighted by molar-refractivity contribution is -0.119. The third-order valence-corrected chi connectivity index (χ3v) is 3.85. The Labute approximate surface area is 160 Å². The average molecular weight is 450 g/mol. The van der Waals surface area contributed by atoms with Crippen molar-refractivity contribution in [1.29, 1.82) is 0 Å². The highest BCUT2D eigenvalue weighted by Gasteiger charge is 2.06. The Morgan fingerprint density at radius 1 is 1.13 bits per heavy atom. The number of amides is 1. The van der Waals surface area contributed by atoms with Gasteiger partial charge >= 0.3 is 0 Å². The zero-order valence-corrected chi connectivity index (χ0v) is 17.1. The number of guanidine groups is 1. The summed E-state index contributed by atoms with van der Waals surface area (Å²) in [6, 6.07) is 10.3. The van der Waals surface area contributed by atoms with E-state index in [9.17, 15) is 4.79 Å². The van der Waals surface area contributed by atoms with Crippen molar-refractivity contribution >= 4 is 47.6 Å². The van der Waals surface area contributed by atoms with Gasteiger partial charge in [-0.15, -0.1) is 35.7 Å². The Morgan fingerprint density at radius 2 is 1.78 bits per heavy atom. The number of nitrogens with zero attached hydrogens (tertiary/aromatic N) is 1. The molecule has 1 rings (SSSR count). The van der Waals surface area contributed by atoms with E-state index in [0.717, 1.165) is 13.1 Å². The molecule has 0 aliphatic carbocycles. The molecule has 0 heterocycles. The molecule has 0 saturated carbocycles. The summed E-state index contributed by atoms with van der Waals surface area (Å²) >= 11 is 1.81. The number of thioether (sulfide) groups is 1. The van der Waals surface area contributed by atoms with E-state index < -0.39 is 0 Å². The number of benzene rings is 1. The molecule has 0 radical (unpaired) electrons. The topological polar surface area (TPSA) is 65.5 Å². The molecule has 0 aliphatic rings. The van der Waals surface area contributed by atoms with Crippen LogP contribution in [0.25, 0.3) is 0 Å². The molecule has 7 heteroatoms. The number of likely N-dealkylation sites (N-methyl/N-ethyl adjacent to an activating group) is 1. The molecule has 0 aliphatic heterocycles. The van der Waals surface area contributed by atoms with E-state index in [2.05, 4.69) is 40.0 Å². The van der Waals surface area contributed by atoms with Gasteiger partial charge in [0.1, 0.15) is 6.54 Å². The maximum Gasteiger partial charge on any atom is 0.241 e. The maximum atomic E-state index is 11.5. The Bertz CT molecular complexity index is 470. The van der Waals surface area contributed by atoms with E-state index >= 15 is 0 Å². The second-order valence-electron chi connectivity index (χ2n) is 4.77. The second kappa shape index (κ2) is 13.5. The lowest BCUT2D eigenvalue weighted by atomic mass is 10.4. The van der Waals surface area contributed by atoms with Crippen molar-refractivity contribution in [2.75, 3.05) is 26.2 Å². The molecule has 0 bridgehead atoms. The first-order chi connectivity index (χ1) is 10.7. The zero-order chi connectivity index (χ0) is 16.2. The van der Waals surface area contributed by atoms with Crippen LogP contribution in [0.4, 0.5) is 0 Å². The first kappa shape index (κ1) is 22.0. The highest BCUT2D eigenvalue weighted by molar-refractivity contribution is 14.0. The second-order valence-corrected chi connectivity index (χ2v) is 6.28. The minimum atomic E-state index is -0.0635. The number of halogens is 1. The number of rotatable bonds is 8. The molecular formula is C16H27IN4OS. The Kier molecular flexibility index (Phi) is 12.9.